The van der Waals surface area contributed by atoms with Crippen molar-refractivity contribution in [3.8, 4) is 5.75 Å². The molecule has 4 atom stereocenters. The lowest BCUT2D eigenvalue weighted by atomic mass is 10.1. The summed E-state index contributed by atoms with van der Waals surface area (Å²) in [7, 11) is -4.67. The number of aromatic nitrogens is 4. The number of phenols is 1. The molecule has 7 N–H and O–H groups in total. The van der Waals surface area contributed by atoms with E-state index in [0.717, 1.165) is 0 Å². The fraction of sp³-hybridized carbons (Fsp3) is 0.217. The van der Waals surface area contributed by atoms with Crippen molar-refractivity contribution in [2.24, 2.45) is 0 Å². The SMILES string of the molecule is Nc1nc(Nc2ccccc2)nc2c1ncn2C1OC(COS(=O)(=O)NC(=O)c2ccccc2O)C(O)C1O. The van der Waals surface area contributed by atoms with Crippen LogP contribution in [0.2, 0.25) is 0 Å². The van der Waals surface area contributed by atoms with Crippen molar-refractivity contribution < 1.29 is 37.5 Å². The number of aliphatic hydroxyl groups excluding tert-OH is 2. The van der Waals surface area contributed by atoms with Crippen molar-refractivity contribution in [2.75, 3.05) is 17.7 Å². The number of nitrogens with two attached hydrogens (primary N) is 1. The van der Waals surface area contributed by atoms with Crippen LogP contribution in [-0.2, 0) is 19.2 Å². The number of aromatic hydroxyl groups is 1. The van der Waals surface area contributed by atoms with Crippen LogP contribution in [0.5, 0.6) is 5.75 Å². The number of benzene rings is 2. The van der Waals surface area contributed by atoms with Gasteiger partial charge < -0.3 is 31.1 Å². The van der Waals surface area contributed by atoms with Crippen molar-refractivity contribution in [2.45, 2.75) is 24.5 Å². The molecule has 2 aromatic carbocycles. The van der Waals surface area contributed by atoms with Gasteiger partial charge in [-0.25, -0.2) is 9.71 Å². The molecule has 4 aromatic rings. The van der Waals surface area contributed by atoms with Crippen molar-refractivity contribution in [1.29, 1.82) is 0 Å². The highest BCUT2D eigenvalue weighted by atomic mass is 32.2. The zero-order valence-corrected chi connectivity index (χ0v) is 20.8. The maximum Gasteiger partial charge on any atom is 0.362 e. The maximum atomic E-state index is 12.3. The molecule has 5 rings (SSSR count). The van der Waals surface area contributed by atoms with Crippen molar-refractivity contribution in [3.05, 3.63) is 66.5 Å². The topological polar surface area (TPSA) is 224 Å². The van der Waals surface area contributed by atoms with Gasteiger partial charge in [-0.2, -0.15) is 18.4 Å². The minimum atomic E-state index is -4.67. The van der Waals surface area contributed by atoms with Gasteiger partial charge in [-0.15, -0.1) is 0 Å². The number of nitrogens with zero attached hydrogens (tertiary/aromatic N) is 4. The van der Waals surface area contributed by atoms with Crippen LogP contribution in [-0.4, -0.2) is 74.1 Å². The number of anilines is 3. The molecule has 1 saturated heterocycles. The summed E-state index contributed by atoms with van der Waals surface area (Å²) >= 11 is 0. The number of hydrogen-bond acceptors (Lipinski definition) is 13. The third-order valence-corrected chi connectivity index (χ3v) is 6.73. The van der Waals surface area contributed by atoms with Gasteiger partial charge in [0, 0.05) is 5.69 Å². The first-order valence-electron chi connectivity index (χ1n) is 11.5. The number of carbonyl (C=O) groups is 1. The van der Waals surface area contributed by atoms with Gasteiger partial charge in [0.15, 0.2) is 17.7 Å². The van der Waals surface area contributed by atoms with Crippen LogP contribution < -0.4 is 15.8 Å². The Morgan fingerprint density at radius 2 is 1.79 bits per heavy atom. The molecule has 1 fully saturated rings. The van der Waals surface area contributed by atoms with Crippen LogP contribution >= 0.6 is 0 Å². The van der Waals surface area contributed by atoms with E-state index >= 15 is 0 Å². The molecule has 204 valence electrons. The van der Waals surface area contributed by atoms with E-state index in [9.17, 15) is 28.5 Å². The highest BCUT2D eigenvalue weighted by molar-refractivity contribution is 7.85. The standard InChI is InChI=1S/C23H23N7O8S/c24-19-16-20(28-23(27-19)26-12-6-2-1-3-7-12)30(11-25-16)22-18(33)17(32)15(38-22)10-37-39(35,36)29-21(34)13-8-4-5-9-14(13)31/h1-9,11,15,17-18,22,31-33H,10H2,(H,29,34)(H3,24,26,27,28). The number of phenolic OH excluding ortho intramolecular Hbond substituents is 1. The fourth-order valence-electron chi connectivity index (χ4n) is 3.95. The van der Waals surface area contributed by atoms with Crippen LogP contribution in [0.25, 0.3) is 11.2 Å². The van der Waals surface area contributed by atoms with Crippen LogP contribution in [0.4, 0.5) is 17.5 Å². The van der Waals surface area contributed by atoms with Gasteiger partial charge in [-0.1, -0.05) is 30.3 Å². The average Bonchev–Trinajstić information content (AvgIpc) is 3.44. The number of rotatable bonds is 8. The predicted octanol–water partition coefficient (Wildman–Crippen LogP) is 0.168. The average molecular weight is 558 g/mol. The Bertz CT molecular complexity index is 1620. The first kappa shape index (κ1) is 26.3. The third-order valence-electron chi connectivity index (χ3n) is 5.84. The first-order chi connectivity index (χ1) is 18.6. The molecular weight excluding hydrogens is 534 g/mol. The van der Waals surface area contributed by atoms with Gasteiger partial charge in [0.05, 0.1) is 18.5 Å². The van der Waals surface area contributed by atoms with Gasteiger partial charge in [0.25, 0.3) is 5.91 Å². The van der Waals surface area contributed by atoms with E-state index in [-0.39, 0.29) is 28.5 Å². The molecule has 39 heavy (non-hydrogen) atoms. The molecule has 0 bridgehead atoms. The van der Waals surface area contributed by atoms with E-state index < -0.39 is 53.1 Å². The van der Waals surface area contributed by atoms with Gasteiger partial charge in [-0.3, -0.25) is 13.5 Å². The molecule has 16 heteroatoms. The van der Waals surface area contributed by atoms with E-state index in [0.29, 0.717) is 5.69 Å². The Morgan fingerprint density at radius 3 is 2.54 bits per heavy atom. The number of hydrogen-bond donors (Lipinski definition) is 6. The van der Waals surface area contributed by atoms with E-state index in [1.54, 1.807) is 16.9 Å². The molecule has 15 nitrogen and oxygen atoms in total. The number of fused-ring (bicyclic) bond motifs is 1. The summed E-state index contributed by atoms with van der Waals surface area (Å²) in [5, 5.41) is 33.9. The summed E-state index contributed by atoms with van der Waals surface area (Å²) in [6.07, 6.45) is -4.37. The third kappa shape index (κ3) is 5.45. The number of para-hydroxylation sites is 2. The second-order valence-electron chi connectivity index (χ2n) is 8.48. The van der Waals surface area contributed by atoms with Gasteiger partial charge in [0.1, 0.15) is 29.6 Å². The highest BCUT2D eigenvalue weighted by Gasteiger charge is 2.45. The largest absolute Gasteiger partial charge is 0.507 e. The number of carbonyl (C=O) groups excluding carboxylic acids is 1. The Balaban J connectivity index is 1.30. The molecule has 1 aliphatic heterocycles. The fourth-order valence-corrected chi connectivity index (χ4v) is 4.66. The molecule has 2 aromatic heterocycles. The normalized spacial score (nSPS) is 21.2. The second-order valence-corrected chi connectivity index (χ2v) is 9.83. The van der Waals surface area contributed by atoms with Crippen LogP contribution in [0.1, 0.15) is 16.6 Å². The monoisotopic (exact) mass is 557 g/mol. The van der Waals surface area contributed by atoms with Gasteiger partial charge in [0.2, 0.25) is 5.95 Å². The highest BCUT2D eigenvalue weighted by Crippen LogP contribution is 2.33. The van der Waals surface area contributed by atoms with Gasteiger partial charge >= 0.3 is 10.3 Å². The van der Waals surface area contributed by atoms with E-state index in [4.69, 9.17) is 14.7 Å². The molecule has 3 heterocycles. The lowest BCUT2D eigenvalue weighted by Gasteiger charge is -2.17. The summed E-state index contributed by atoms with van der Waals surface area (Å²) in [6.45, 7) is -0.747. The smallest absolute Gasteiger partial charge is 0.362 e. The number of nitrogens with one attached hydrogen (secondary N) is 2. The summed E-state index contributed by atoms with van der Waals surface area (Å²) in [5.74, 6) is -1.35. The van der Waals surface area contributed by atoms with Crippen LogP contribution in [0.3, 0.4) is 0 Å². The minimum Gasteiger partial charge on any atom is -0.507 e. The van der Waals surface area contributed by atoms with E-state index in [1.807, 2.05) is 18.2 Å². The quantitative estimate of drug-likeness (QED) is 0.170. The number of aliphatic hydroxyl groups is 2. The zero-order valence-electron chi connectivity index (χ0n) is 19.9. The van der Waals surface area contributed by atoms with E-state index in [1.165, 1.54) is 35.2 Å². The van der Waals surface area contributed by atoms with Crippen LogP contribution in [0.15, 0.2) is 60.9 Å². The molecular formula is C23H23N7O8S. The number of ether oxygens (including phenoxy) is 1. The summed E-state index contributed by atoms with van der Waals surface area (Å²) in [6, 6.07) is 14.4. The van der Waals surface area contributed by atoms with Crippen molar-refractivity contribution >= 4 is 44.8 Å². The Hall–Kier alpha value is -4.35. The lowest BCUT2D eigenvalue weighted by molar-refractivity contribution is -0.0468. The molecule has 1 aliphatic rings. The first-order valence-corrected chi connectivity index (χ1v) is 12.9. The summed E-state index contributed by atoms with van der Waals surface area (Å²) in [4.78, 5) is 25.0. The summed E-state index contributed by atoms with van der Waals surface area (Å²) < 4.78 is 38.1. The van der Waals surface area contributed by atoms with Crippen LogP contribution in [0, 0.1) is 0 Å². The molecule has 1 amide bonds. The molecule has 0 spiro atoms. The van der Waals surface area contributed by atoms with E-state index in [2.05, 4.69) is 20.3 Å². The molecule has 4 unspecified atom stereocenters. The minimum absolute atomic E-state index is 0.0522. The number of amides is 1. The molecule has 0 aliphatic carbocycles. The Kier molecular flexibility index (Phi) is 7.02. The Morgan fingerprint density at radius 1 is 1.08 bits per heavy atom. The maximum absolute atomic E-state index is 12.3. The number of imidazole rings is 1. The summed E-state index contributed by atoms with van der Waals surface area (Å²) in [5.41, 5.74) is 6.85. The predicted molar refractivity (Wildman–Crippen MR) is 136 cm³/mol. The molecule has 0 saturated carbocycles. The Labute approximate surface area is 221 Å². The number of nitrogen functional groups attached to an aromatic ring is 1. The van der Waals surface area contributed by atoms with Gasteiger partial charge in [-0.05, 0) is 24.3 Å². The lowest BCUT2D eigenvalue weighted by Crippen LogP contribution is -2.37. The van der Waals surface area contributed by atoms with Crippen molar-refractivity contribution in [3.63, 3.8) is 0 Å². The zero-order chi connectivity index (χ0) is 27.7. The van der Waals surface area contributed by atoms with Crippen molar-refractivity contribution in [1.82, 2.24) is 24.2 Å². The molecule has 0 radical (unpaired) electrons. The second kappa shape index (κ2) is 10.4.